The Morgan fingerprint density at radius 3 is 2.53 bits per heavy atom. The summed E-state index contributed by atoms with van der Waals surface area (Å²) in [5, 5.41) is 3.49. The molecule has 164 valence electrons. The highest BCUT2D eigenvalue weighted by Gasteiger charge is 2.33. The zero-order valence-electron chi connectivity index (χ0n) is 17.7. The first-order chi connectivity index (χ1) is 14.4. The minimum absolute atomic E-state index is 0.0255. The summed E-state index contributed by atoms with van der Waals surface area (Å²) >= 11 is 6.06. The minimum atomic E-state index is -0.124. The van der Waals surface area contributed by atoms with Crippen molar-refractivity contribution in [2.45, 2.75) is 45.1 Å². The lowest BCUT2D eigenvalue weighted by Crippen LogP contribution is -2.52. The van der Waals surface area contributed by atoms with Crippen molar-refractivity contribution in [1.29, 1.82) is 0 Å². The first kappa shape index (κ1) is 22.4. The van der Waals surface area contributed by atoms with Gasteiger partial charge in [0.25, 0.3) is 5.91 Å². The second kappa shape index (κ2) is 10.2. The van der Waals surface area contributed by atoms with E-state index in [2.05, 4.69) is 5.32 Å². The number of carbonyl (C=O) groups is 3. The number of amides is 3. The third kappa shape index (κ3) is 5.25. The Morgan fingerprint density at radius 1 is 1.13 bits per heavy atom. The summed E-state index contributed by atoms with van der Waals surface area (Å²) in [6.45, 7) is 4.18. The number of hydrogen-bond donors (Lipinski definition) is 1. The van der Waals surface area contributed by atoms with Gasteiger partial charge in [0.1, 0.15) is 5.75 Å². The highest BCUT2D eigenvalue weighted by molar-refractivity contribution is 6.31. The van der Waals surface area contributed by atoms with Crippen LogP contribution in [0.15, 0.2) is 18.2 Å². The van der Waals surface area contributed by atoms with Crippen LogP contribution in [0.2, 0.25) is 5.02 Å². The first-order valence-electron chi connectivity index (χ1n) is 10.6. The normalized spacial score (nSPS) is 20.0. The van der Waals surface area contributed by atoms with Crippen LogP contribution in [-0.2, 0) is 9.59 Å². The van der Waals surface area contributed by atoms with E-state index in [-0.39, 0.29) is 29.7 Å². The topological polar surface area (TPSA) is 79.0 Å². The van der Waals surface area contributed by atoms with Crippen LogP contribution < -0.4 is 10.1 Å². The van der Waals surface area contributed by atoms with Gasteiger partial charge in [0.05, 0.1) is 12.7 Å². The minimum Gasteiger partial charge on any atom is -0.496 e. The number of rotatable bonds is 5. The van der Waals surface area contributed by atoms with Gasteiger partial charge in [-0.25, -0.2) is 0 Å². The van der Waals surface area contributed by atoms with E-state index in [1.54, 1.807) is 23.1 Å². The maximum Gasteiger partial charge on any atom is 0.257 e. The number of likely N-dealkylation sites (tertiary alicyclic amines) is 2. The van der Waals surface area contributed by atoms with Gasteiger partial charge in [0.2, 0.25) is 11.8 Å². The van der Waals surface area contributed by atoms with Crippen LogP contribution in [0.3, 0.4) is 0 Å². The third-order valence-corrected chi connectivity index (χ3v) is 6.18. The van der Waals surface area contributed by atoms with Gasteiger partial charge < -0.3 is 19.9 Å². The predicted octanol–water partition coefficient (Wildman–Crippen LogP) is 2.72. The van der Waals surface area contributed by atoms with Crippen LogP contribution >= 0.6 is 11.6 Å². The van der Waals surface area contributed by atoms with Crippen molar-refractivity contribution < 1.29 is 19.1 Å². The van der Waals surface area contributed by atoms with E-state index in [0.29, 0.717) is 55.2 Å². The summed E-state index contributed by atoms with van der Waals surface area (Å²) in [7, 11) is 1.53. The monoisotopic (exact) mass is 435 g/mol. The molecule has 3 amide bonds. The van der Waals surface area contributed by atoms with Gasteiger partial charge in [-0.05, 0) is 43.9 Å². The number of nitrogens with one attached hydrogen (secondary N) is 1. The van der Waals surface area contributed by atoms with E-state index in [1.807, 2.05) is 11.8 Å². The summed E-state index contributed by atoms with van der Waals surface area (Å²) in [5.41, 5.74) is 0.445. The molecule has 1 N–H and O–H groups in total. The molecule has 8 heteroatoms. The van der Waals surface area contributed by atoms with Gasteiger partial charge >= 0.3 is 0 Å². The van der Waals surface area contributed by atoms with Crippen LogP contribution in [-0.4, -0.2) is 66.9 Å². The molecular formula is C22H30ClN3O4. The number of carbonyl (C=O) groups excluding carboxylic acids is 3. The second-order valence-corrected chi connectivity index (χ2v) is 8.39. The predicted molar refractivity (Wildman–Crippen MR) is 115 cm³/mol. The van der Waals surface area contributed by atoms with Crippen LogP contribution in [0.4, 0.5) is 0 Å². The number of methoxy groups -OCH3 is 1. The Hall–Kier alpha value is -2.28. The van der Waals surface area contributed by atoms with Crippen molar-refractivity contribution in [2.24, 2.45) is 5.92 Å². The molecule has 0 spiro atoms. The van der Waals surface area contributed by atoms with Crippen molar-refractivity contribution >= 4 is 29.3 Å². The molecule has 1 atom stereocenters. The maximum absolute atomic E-state index is 13.0. The molecule has 30 heavy (non-hydrogen) atoms. The lowest BCUT2D eigenvalue weighted by Gasteiger charge is -2.38. The number of benzene rings is 1. The molecule has 2 aliphatic rings. The van der Waals surface area contributed by atoms with Gasteiger partial charge in [0.15, 0.2) is 0 Å². The van der Waals surface area contributed by atoms with Crippen molar-refractivity contribution in [3.63, 3.8) is 0 Å². The Kier molecular flexibility index (Phi) is 7.58. The van der Waals surface area contributed by atoms with E-state index in [4.69, 9.17) is 16.3 Å². The molecule has 1 aromatic rings. The lowest BCUT2D eigenvalue weighted by atomic mass is 9.93. The van der Waals surface area contributed by atoms with Gasteiger partial charge in [-0.1, -0.05) is 18.5 Å². The summed E-state index contributed by atoms with van der Waals surface area (Å²) in [5.74, 6) is 0.447. The lowest BCUT2D eigenvalue weighted by molar-refractivity contribution is -0.139. The molecule has 7 nitrogen and oxygen atoms in total. The quantitative estimate of drug-likeness (QED) is 0.771. The van der Waals surface area contributed by atoms with Crippen LogP contribution in [0.1, 0.15) is 49.4 Å². The van der Waals surface area contributed by atoms with Crippen LogP contribution in [0, 0.1) is 5.92 Å². The number of hydrogen-bond acceptors (Lipinski definition) is 4. The Morgan fingerprint density at radius 2 is 1.87 bits per heavy atom. The van der Waals surface area contributed by atoms with E-state index in [0.717, 1.165) is 19.4 Å². The highest BCUT2D eigenvalue weighted by atomic mass is 35.5. The second-order valence-electron chi connectivity index (χ2n) is 7.96. The zero-order valence-corrected chi connectivity index (χ0v) is 18.4. The fourth-order valence-corrected chi connectivity index (χ4v) is 4.40. The van der Waals surface area contributed by atoms with E-state index >= 15 is 0 Å². The van der Waals surface area contributed by atoms with Gasteiger partial charge in [0, 0.05) is 49.6 Å². The summed E-state index contributed by atoms with van der Waals surface area (Å²) in [4.78, 5) is 41.3. The molecule has 0 aromatic heterocycles. The van der Waals surface area contributed by atoms with E-state index in [9.17, 15) is 14.4 Å². The summed E-state index contributed by atoms with van der Waals surface area (Å²) < 4.78 is 5.30. The summed E-state index contributed by atoms with van der Waals surface area (Å²) in [6.07, 6.45) is 3.52. The molecule has 0 aliphatic carbocycles. The third-order valence-electron chi connectivity index (χ3n) is 5.94. The SMILES string of the molecule is CCC(=O)NC1CCCN(C(=O)C2CCN(C(=O)c3cc(Cl)ccc3OC)CC2)C1. The van der Waals surface area contributed by atoms with Crippen LogP contribution in [0.25, 0.3) is 0 Å². The molecule has 2 fully saturated rings. The molecule has 0 bridgehead atoms. The number of ether oxygens (including phenoxy) is 1. The zero-order chi connectivity index (χ0) is 21.7. The Balaban J connectivity index is 1.56. The number of nitrogens with zero attached hydrogens (tertiary/aromatic N) is 2. The Bertz CT molecular complexity index is 793. The van der Waals surface area contributed by atoms with Gasteiger partial charge in [-0.15, -0.1) is 0 Å². The first-order valence-corrected chi connectivity index (χ1v) is 11.0. The molecule has 2 aliphatic heterocycles. The highest BCUT2D eigenvalue weighted by Crippen LogP contribution is 2.27. The van der Waals surface area contributed by atoms with Crippen molar-refractivity contribution in [3.8, 4) is 5.75 Å². The smallest absolute Gasteiger partial charge is 0.257 e. The Labute approximate surface area is 182 Å². The molecule has 2 saturated heterocycles. The molecule has 1 aromatic carbocycles. The molecular weight excluding hydrogens is 406 g/mol. The number of piperidine rings is 2. The maximum atomic E-state index is 13.0. The molecule has 2 heterocycles. The summed E-state index contributed by atoms with van der Waals surface area (Å²) in [6, 6.07) is 5.04. The standard InChI is InChI=1S/C22H30ClN3O4/c1-3-20(27)24-17-5-4-10-26(14-17)21(28)15-8-11-25(12-9-15)22(29)18-13-16(23)6-7-19(18)30-2/h6-7,13,15,17H,3-5,8-12,14H2,1-2H3,(H,24,27). The van der Waals surface area contributed by atoms with Crippen molar-refractivity contribution in [3.05, 3.63) is 28.8 Å². The van der Waals surface area contributed by atoms with Crippen molar-refractivity contribution in [2.75, 3.05) is 33.3 Å². The number of halogens is 1. The van der Waals surface area contributed by atoms with Gasteiger partial charge in [-0.3, -0.25) is 14.4 Å². The fraction of sp³-hybridized carbons (Fsp3) is 0.591. The average molecular weight is 436 g/mol. The molecule has 1 unspecified atom stereocenters. The molecule has 0 radical (unpaired) electrons. The van der Waals surface area contributed by atoms with E-state index < -0.39 is 0 Å². The van der Waals surface area contributed by atoms with Gasteiger partial charge in [-0.2, -0.15) is 0 Å². The molecule has 0 saturated carbocycles. The van der Waals surface area contributed by atoms with Crippen LogP contribution in [0.5, 0.6) is 5.75 Å². The largest absolute Gasteiger partial charge is 0.496 e. The fourth-order valence-electron chi connectivity index (χ4n) is 4.23. The van der Waals surface area contributed by atoms with Crippen molar-refractivity contribution in [1.82, 2.24) is 15.1 Å². The molecule has 3 rings (SSSR count). The van der Waals surface area contributed by atoms with E-state index in [1.165, 1.54) is 7.11 Å². The average Bonchev–Trinajstić information content (AvgIpc) is 2.78.